The van der Waals surface area contributed by atoms with Gasteiger partial charge in [0.25, 0.3) is 5.91 Å². The lowest BCUT2D eigenvalue weighted by molar-refractivity contribution is 0.102. The van der Waals surface area contributed by atoms with E-state index in [1.807, 2.05) is 0 Å². The molecule has 4 nitrogen and oxygen atoms in total. The van der Waals surface area contributed by atoms with Crippen molar-refractivity contribution in [1.82, 2.24) is 4.98 Å². The largest absolute Gasteiger partial charge is 0.396 e. The molecular weight excluding hydrogens is 384 g/mol. The molecule has 0 aliphatic heterocycles. The van der Waals surface area contributed by atoms with E-state index in [2.05, 4.69) is 26.2 Å². The van der Waals surface area contributed by atoms with Crippen LogP contribution in [0.15, 0.2) is 22.7 Å². The highest BCUT2D eigenvalue weighted by Crippen LogP contribution is 2.29. The molecule has 1 aromatic heterocycles. The summed E-state index contributed by atoms with van der Waals surface area (Å²) in [4.78, 5) is 16.1. The van der Waals surface area contributed by atoms with E-state index in [-0.39, 0.29) is 26.0 Å². The number of pyridine rings is 1. The van der Waals surface area contributed by atoms with E-state index in [0.29, 0.717) is 11.3 Å². The number of hydrogen-bond donors (Lipinski definition) is 2. The molecule has 1 heterocycles. The van der Waals surface area contributed by atoms with Crippen LogP contribution in [0.25, 0.3) is 0 Å². The van der Waals surface area contributed by atoms with Crippen LogP contribution in [0.4, 0.5) is 15.8 Å². The molecule has 0 spiro atoms. The van der Waals surface area contributed by atoms with E-state index < -0.39 is 11.7 Å². The third-order valence-electron chi connectivity index (χ3n) is 2.71. The first kappa shape index (κ1) is 16.0. The summed E-state index contributed by atoms with van der Waals surface area (Å²) in [6, 6.07) is 3.93. The average molecular weight is 393 g/mol. The Bertz CT molecular complexity index is 717. The topological polar surface area (TPSA) is 68.0 Å². The van der Waals surface area contributed by atoms with Gasteiger partial charge in [-0.15, -0.1) is 0 Å². The highest BCUT2D eigenvalue weighted by molar-refractivity contribution is 9.10. The van der Waals surface area contributed by atoms with Crippen molar-refractivity contribution >= 4 is 56.4 Å². The maximum Gasteiger partial charge on any atom is 0.256 e. The van der Waals surface area contributed by atoms with Crippen LogP contribution < -0.4 is 11.1 Å². The number of nitrogens with two attached hydrogens (primary N) is 1. The quantitative estimate of drug-likeness (QED) is 0.586. The van der Waals surface area contributed by atoms with Crippen LogP contribution in [0.1, 0.15) is 15.9 Å². The van der Waals surface area contributed by atoms with Gasteiger partial charge in [-0.05, 0) is 46.6 Å². The van der Waals surface area contributed by atoms with Gasteiger partial charge in [0, 0.05) is 4.47 Å². The second-order valence-electron chi connectivity index (χ2n) is 4.24. The summed E-state index contributed by atoms with van der Waals surface area (Å²) in [5.74, 6) is -1.11. The summed E-state index contributed by atoms with van der Waals surface area (Å²) in [7, 11) is 0. The molecule has 0 aliphatic carbocycles. The van der Waals surface area contributed by atoms with Gasteiger partial charge in [-0.1, -0.05) is 23.2 Å². The number of hydrogen-bond acceptors (Lipinski definition) is 3. The molecule has 0 atom stereocenters. The number of rotatable bonds is 2. The highest BCUT2D eigenvalue weighted by atomic mass is 79.9. The van der Waals surface area contributed by atoms with Crippen molar-refractivity contribution in [3.63, 3.8) is 0 Å². The molecule has 0 aliphatic rings. The third kappa shape index (κ3) is 3.45. The zero-order valence-electron chi connectivity index (χ0n) is 10.7. The van der Waals surface area contributed by atoms with Gasteiger partial charge in [0.05, 0.1) is 16.9 Å². The van der Waals surface area contributed by atoms with Gasteiger partial charge in [-0.25, -0.2) is 9.37 Å². The number of amides is 1. The molecule has 3 N–H and O–H groups in total. The zero-order valence-corrected chi connectivity index (χ0v) is 13.8. The molecule has 110 valence electrons. The first-order valence-electron chi connectivity index (χ1n) is 5.68. The number of nitrogens with one attached hydrogen (secondary N) is 1. The summed E-state index contributed by atoms with van der Waals surface area (Å²) in [6.45, 7) is 1.73. The Balaban J connectivity index is 2.37. The predicted molar refractivity (Wildman–Crippen MR) is 85.5 cm³/mol. The fraction of sp³-hybridized carbons (Fsp3) is 0.0769. The normalized spacial score (nSPS) is 10.5. The molecule has 2 aromatic rings. The molecular formula is C13H9BrCl2FN3O. The highest BCUT2D eigenvalue weighted by Gasteiger charge is 2.16. The number of aromatic nitrogens is 1. The molecule has 1 aromatic carbocycles. The number of anilines is 2. The number of benzene rings is 1. The van der Waals surface area contributed by atoms with Crippen molar-refractivity contribution in [2.75, 3.05) is 11.1 Å². The summed E-state index contributed by atoms with van der Waals surface area (Å²) in [6.07, 6.45) is 0. The monoisotopic (exact) mass is 391 g/mol. The minimum atomic E-state index is -0.610. The van der Waals surface area contributed by atoms with Crippen LogP contribution >= 0.6 is 39.1 Å². The van der Waals surface area contributed by atoms with Crippen molar-refractivity contribution in [3.05, 3.63) is 49.9 Å². The van der Waals surface area contributed by atoms with Crippen LogP contribution in [0.2, 0.25) is 10.3 Å². The Kier molecular flexibility index (Phi) is 4.70. The molecule has 2 rings (SSSR count). The Morgan fingerprint density at radius 2 is 2.05 bits per heavy atom. The lowest BCUT2D eigenvalue weighted by atomic mass is 10.1. The molecule has 0 saturated carbocycles. The fourth-order valence-corrected chi connectivity index (χ4v) is 2.74. The van der Waals surface area contributed by atoms with E-state index in [1.54, 1.807) is 13.0 Å². The Labute approximate surface area is 138 Å². The van der Waals surface area contributed by atoms with Gasteiger partial charge in [0.1, 0.15) is 11.0 Å². The lowest BCUT2D eigenvalue weighted by Crippen LogP contribution is -2.15. The van der Waals surface area contributed by atoms with Crippen LogP contribution in [-0.2, 0) is 0 Å². The number of carbonyl (C=O) groups excluding carboxylic acids is 1. The van der Waals surface area contributed by atoms with E-state index in [4.69, 9.17) is 28.9 Å². The maximum atomic E-state index is 13.3. The smallest absolute Gasteiger partial charge is 0.256 e. The number of carbonyl (C=O) groups is 1. The SMILES string of the molecule is Cc1cc(Cl)nc(Cl)c1NC(=O)c1cc(N)c(F)cc1Br. The second-order valence-corrected chi connectivity index (χ2v) is 5.83. The van der Waals surface area contributed by atoms with Gasteiger partial charge < -0.3 is 11.1 Å². The van der Waals surface area contributed by atoms with Crippen molar-refractivity contribution in [2.24, 2.45) is 0 Å². The van der Waals surface area contributed by atoms with E-state index in [0.717, 1.165) is 6.07 Å². The Hall–Kier alpha value is -1.37. The van der Waals surface area contributed by atoms with Crippen LogP contribution in [0.3, 0.4) is 0 Å². The fourth-order valence-electron chi connectivity index (χ4n) is 1.67. The Morgan fingerprint density at radius 3 is 2.67 bits per heavy atom. The molecule has 0 radical (unpaired) electrons. The van der Waals surface area contributed by atoms with Crippen molar-refractivity contribution in [1.29, 1.82) is 0 Å². The van der Waals surface area contributed by atoms with Crippen molar-refractivity contribution in [2.45, 2.75) is 6.92 Å². The van der Waals surface area contributed by atoms with Crippen LogP contribution in [-0.4, -0.2) is 10.9 Å². The van der Waals surface area contributed by atoms with E-state index in [1.165, 1.54) is 6.07 Å². The Morgan fingerprint density at radius 1 is 1.38 bits per heavy atom. The van der Waals surface area contributed by atoms with Gasteiger partial charge in [-0.3, -0.25) is 4.79 Å². The van der Waals surface area contributed by atoms with Gasteiger partial charge >= 0.3 is 0 Å². The van der Waals surface area contributed by atoms with Crippen molar-refractivity contribution < 1.29 is 9.18 Å². The summed E-state index contributed by atoms with van der Waals surface area (Å²) < 4.78 is 13.6. The van der Waals surface area contributed by atoms with Crippen LogP contribution in [0.5, 0.6) is 0 Å². The van der Waals surface area contributed by atoms with Crippen LogP contribution in [0, 0.1) is 12.7 Å². The minimum Gasteiger partial charge on any atom is -0.396 e. The maximum absolute atomic E-state index is 13.3. The van der Waals surface area contributed by atoms with E-state index >= 15 is 0 Å². The molecule has 0 fully saturated rings. The second kappa shape index (κ2) is 6.17. The van der Waals surface area contributed by atoms with Gasteiger partial charge in [0.2, 0.25) is 0 Å². The predicted octanol–water partition coefficient (Wildman–Crippen LogP) is 4.43. The van der Waals surface area contributed by atoms with Crippen molar-refractivity contribution in [3.8, 4) is 0 Å². The first-order valence-corrected chi connectivity index (χ1v) is 7.23. The number of halogens is 4. The van der Waals surface area contributed by atoms with Gasteiger partial charge in [0.15, 0.2) is 5.15 Å². The first-order chi connectivity index (χ1) is 9.79. The molecule has 0 saturated heterocycles. The van der Waals surface area contributed by atoms with E-state index in [9.17, 15) is 9.18 Å². The molecule has 8 heteroatoms. The standard InChI is InChI=1S/C13H9BrCl2FN3O/c1-5-2-10(15)19-12(16)11(5)20-13(21)6-3-9(18)8(17)4-7(6)14/h2-4H,18H2,1H3,(H,20,21). The molecule has 21 heavy (non-hydrogen) atoms. The molecule has 0 unspecified atom stereocenters. The van der Waals surface area contributed by atoms with Gasteiger partial charge in [-0.2, -0.15) is 0 Å². The number of nitrogen functional groups attached to an aromatic ring is 1. The number of nitrogens with zero attached hydrogens (tertiary/aromatic N) is 1. The summed E-state index contributed by atoms with van der Waals surface area (Å²) >= 11 is 14.8. The summed E-state index contributed by atoms with van der Waals surface area (Å²) in [5, 5.41) is 2.90. The third-order valence-corrected chi connectivity index (χ3v) is 3.83. The summed E-state index contributed by atoms with van der Waals surface area (Å²) in [5.41, 5.74) is 6.51. The number of aryl methyl sites for hydroxylation is 1. The molecule has 1 amide bonds. The minimum absolute atomic E-state index is 0.0690. The molecule has 0 bridgehead atoms. The lowest BCUT2D eigenvalue weighted by Gasteiger charge is -2.12. The zero-order chi connectivity index (χ0) is 15.7. The average Bonchev–Trinajstić information content (AvgIpc) is 2.37.